The Bertz CT molecular complexity index is 237. The minimum Gasteiger partial charge on any atom is -0.496 e. The van der Waals surface area contributed by atoms with Crippen molar-refractivity contribution in [1.29, 1.82) is 0 Å². The Morgan fingerprint density at radius 2 is 2.00 bits per heavy atom. The van der Waals surface area contributed by atoms with Crippen molar-refractivity contribution in [2.45, 2.75) is 0 Å². The van der Waals surface area contributed by atoms with Gasteiger partial charge in [-0.1, -0.05) is 12.1 Å². The van der Waals surface area contributed by atoms with Crippen LogP contribution in [0.5, 0.6) is 5.75 Å². The molecule has 0 aromatic heterocycles. The van der Waals surface area contributed by atoms with Crippen LogP contribution in [0.1, 0.15) is 0 Å². The third-order valence-corrected chi connectivity index (χ3v) is 1.95. The van der Waals surface area contributed by atoms with E-state index >= 15 is 0 Å². The lowest BCUT2D eigenvalue weighted by atomic mass is 10.3. The Hall–Kier alpha value is -0.780. The highest BCUT2D eigenvalue weighted by atomic mass is 127. The maximum absolute atomic E-state index is 8.36. The van der Waals surface area contributed by atoms with E-state index in [9.17, 15) is 0 Å². The third-order valence-electron chi connectivity index (χ3n) is 1.06. The van der Waals surface area contributed by atoms with Crippen LogP contribution in [0.4, 0.5) is 0 Å². The fourth-order valence-electron chi connectivity index (χ4n) is 0.610. The van der Waals surface area contributed by atoms with E-state index in [4.69, 9.17) is 14.6 Å². The van der Waals surface area contributed by atoms with Crippen molar-refractivity contribution in [3.8, 4) is 5.75 Å². The molecule has 0 atom stereocenters. The molecule has 0 amide bonds. The van der Waals surface area contributed by atoms with Crippen LogP contribution in [0.2, 0.25) is 0 Å². The van der Waals surface area contributed by atoms with Crippen molar-refractivity contribution >= 4 is 29.1 Å². The summed E-state index contributed by atoms with van der Waals surface area (Å²) in [5, 5.41) is 6.89. The van der Waals surface area contributed by atoms with Gasteiger partial charge in [-0.2, -0.15) is 0 Å². The first-order chi connectivity index (χ1) is 5.76. The van der Waals surface area contributed by atoms with Crippen molar-refractivity contribution in [3.63, 3.8) is 0 Å². The highest BCUT2D eigenvalue weighted by molar-refractivity contribution is 14.1. The van der Waals surface area contributed by atoms with E-state index in [1.54, 1.807) is 7.11 Å². The first-order valence-electron chi connectivity index (χ1n) is 3.12. The van der Waals surface area contributed by atoms with E-state index in [2.05, 4.69) is 22.6 Å². The van der Waals surface area contributed by atoms with Gasteiger partial charge in [-0.25, -0.2) is 0 Å². The Morgan fingerprint density at radius 1 is 1.50 bits per heavy atom. The minimum atomic E-state index is -0.250. The number of hydrogen-bond acceptors (Lipinski definition) is 2. The summed E-state index contributed by atoms with van der Waals surface area (Å²) in [7, 11) is 1.68. The molecule has 0 saturated carbocycles. The van der Waals surface area contributed by atoms with Crippen molar-refractivity contribution < 1.29 is 14.6 Å². The van der Waals surface area contributed by atoms with Crippen molar-refractivity contribution in [2.24, 2.45) is 0 Å². The second-order valence-electron chi connectivity index (χ2n) is 1.74. The summed E-state index contributed by atoms with van der Waals surface area (Å²) in [6.45, 7) is -0.250. The lowest BCUT2D eigenvalue weighted by Gasteiger charge is -1.99. The van der Waals surface area contributed by atoms with E-state index in [-0.39, 0.29) is 6.47 Å². The lowest BCUT2D eigenvalue weighted by molar-refractivity contribution is -0.122. The Balaban J connectivity index is 0.000000354. The summed E-state index contributed by atoms with van der Waals surface area (Å²) in [6, 6.07) is 7.91. The minimum absolute atomic E-state index is 0.250. The Kier molecular flexibility index (Phi) is 6.45. The molecule has 0 aliphatic heterocycles. The molecule has 0 bridgehead atoms. The normalized spacial score (nSPS) is 7.83. The zero-order valence-electron chi connectivity index (χ0n) is 6.53. The number of carboxylic acid groups (broad SMARTS) is 1. The molecule has 3 nitrogen and oxygen atoms in total. The molecule has 1 rings (SSSR count). The molecule has 1 aromatic rings. The average Bonchev–Trinajstić information content (AvgIpc) is 2.07. The second-order valence-corrected chi connectivity index (χ2v) is 2.90. The average molecular weight is 280 g/mol. The highest BCUT2D eigenvalue weighted by Crippen LogP contribution is 2.18. The van der Waals surface area contributed by atoms with Crippen molar-refractivity contribution in [2.75, 3.05) is 7.11 Å². The van der Waals surface area contributed by atoms with Crippen LogP contribution >= 0.6 is 22.6 Å². The lowest BCUT2D eigenvalue weighted by Crippen LogP contribution is -1.83. The predicted octanol–water partition coefficient (Wildman–Crippen LogP) is 2.00. The second kappa shape index (κ2) is 6.90. The van der Waals surface area contributed by atoms with Gasteiger partial charge in [0.1, 0.15) is 5.75 Å². The molecule has 1 N–H and O–H groups in total. The molecule has 66 valence electrons. The molecule has 0 unspecified atom stereocenters. The molecule has 0 heterocycles. The van der Waals surface area contributed by atoms with Gasteiger partial charge in [0.15, 0.2) is 0 Å². The molecule has 0 aliphatic carbocycles. The van der Waals surface area contributed by atoms with Crippen LogP contribution in [-0.2, 0) is 4.79 Å². The number of halogens is 1. The van der Waals surface area contributed by atoms with Crippen LogP contribution in [0.15, 0.2) is 24.3 Å². The van der Waals surface area contributed by atoms with Crippen molar-refractivity contribution in [3.05, 3.63) is 27.8 Å². The third kappa shape index (κ3) is 4.17. The van der Waals surface area contributed by atoms with Gasteiger partial charge in [-0.05, 0) is 34.7 Å². The van der Waals surface area contributed by atoms with Crippen LogP contribution < -0.4 is 4.74 Å². The summed E-state index contributed by atoms with van der Waals surface area (Å²) in [4.78, 5) is 8.36. The molecular formula is C8H9IO3. The van der Waals surface area contributed by atoms with Gasteiger partial charge in [0, 0.05) is 0 Å². The molecule has 12 heavy (non-hydrogen) atoms. The number of rotatable bonds is 1. The molecule has 0 spiro atoms. The topological polar surface area (TPSA) is 46.5 Å². The zero-order valence-corrected chi connectivity index (χ0v) is 8.69. The van der Waals surface area contributed by atoms with Gasteiger partial charge in [-0.15, -0.1) is 0 Å². The van der Waals surface area contributed by atoms with Gasteiger partial charge in [0.2, 0.25) is 0 Å². The number of hydrogen-bond donors (Lipinski definition) is 1. The van der Waals surface area contributed by atoms with Gasteiger partial charge in [0.05, 0.1) is 10.7 Å². The molecule has 0 saturated heterocycles. The number of para-hydroxylation sites is 1. The smallest absolute Gasteiger partial charge is 0.290 e. The number of ether oxygens (including phenoxy) is 1. The Labute approximate surface area is 84.5 Å². The maximum Gasteiger partial charge on any atom is 0.290 e. The predicted molar refractivity (Wildman–Crippen MR) is 54.4 cm³/mol. The summed E-state index contributed by atoms with van der Waals surface area (Å²) < 4.78 is 6.19. The van der Waals surface area contributed by atoms with Crippen LogP contribution in [-0.4, -0.2) is 18.7 Å². The quantitative estimate of drug-likeness (QED) is 0.632. The monoisotopic (exact) mass is 280 g/mol. The fraction of sp³-hybridized carbons (Fsp3) is 0.125. The SMILES string of the molecule is COc1ccccc1I.O=CO. The molecule has 0 radical (unpaired) electrons. The van der Waals surface area contributed by atoms with Gasteiger partial charge < -0.3 is 9.84 Å². The number of methoxy groups -OCH3 is 1. The summed E-state index contributed by atoms with van der Waals surface area (Å²) in [5.74, 6) is 0.943. The first-order valence-corrected chi connectivity index (χ1v) is 4.20. The Morgan fingerprint density at radius 3 is 2.33 bits per heavy atom. The summed E-state index contributed by atoms with van der Waals surface area (Å²) in [5.41, 5.74) is 0. The molecule has 0 aliphatic rings. The number of carbonyl (C=O) groups is 1. The first kappa shape index (κ1) is 11.2. The van der Waals surface area contributed by atoms with E-state index in [1.165, 1.54) is 0 Å². The molecular weight excluding hydrogens is 271 g/mol. The molecule has 4 heteroatoms. The van der Waals surface area contributed by atoms with Crippen LogP contribution in [0.25, 0.3) is 0 Å². The maximum atomic E-state index is 8.36. The van der Waals surface area contributed by atoms with Crippen molar-refractivity contribution in [1.82, 2.24) is 0 Å². The molecule has 0 fully saturated rings. The molecule has 1 aromatic carbocycles. The zero-order chi connectivity index (χ0) is 9.40. The highest BCUT2D eigenvalue weighted by Gasteiger charge is 1.92. The fourth-order valence-corrected chi connectivity index (χ4v) is 1.22. The number of benzene rings is 1. The van der Waals surface area contributed by atoms with Crippen LogP contribution in [0, 0.1) is 3.57 Å². The van der Waals surface area contributed by atoms with Crippen LogP contribution in [0.3, 0.4) is 0 Å². The van der Waals surface area contributed by atoms with E-state index in [1.807, 2.05) is 24.3 Å². The van der Waals surface area contributed by atoms with E-state index < -0.39 is 0 Å². The van der Waals surface area contributed by atoms with E-state index in [0.717, 1.165) is 9.32 Å². The van der Waals surface area contributed by atoms with E-state index in [0.29, 0.717) is 0 Å². The van der Waals surface area contributed by atoms with Gasteiger partial charge in [-0.3, -0.25) is 4.79 Å². The standard InChI is InChI=1S/C7H7IO.CH2O2/c1-9-7-5-3-2-4-6(7)8;2-1-3/h2-5H,1H3;1H,(H,2,3). The van der Waals surface area contributed by atoms with Gasteiger partial charge in [0.25, 0.3) is 6.47 Å². The van der Waals surface area contributed by atoms with Gasteiger partial charge >= 0.3 is 0 Å². The largest absolute Gasteiger partial charge is 0.496 e. The summed E-state index contributed by atoms with van der Waals surface area (Å²) >= 11 is 2.24. The summed E-state index contributed by atoms with van der Waals surface area (Å²) in [6.07, 6.45) is 0.